The number of anilines is 1. The van der Waals surface area contributed by atoms with Crippen molar-refractivity contribution in [3.05, 3.63) is 23.4 Å². The molecule has 1 aliphatic rings. The largest absolute Gasteiger partial charge is 0.353 e. The fourth-order valence-corrected chi connectivity index (χ4v) is 2.39. The van der Waals surface area contributed by atoms with Crippen LogP contribution in [0.15, 0.2) is 18.3 Å². The van der Waals surface area contributed by atoms with Crippen LogP contribution in [-0.4, -0.2) is 48.0 Å². The molecule has 2 heterocycles. The van der Waals surface area contributed by atoms with Crippen LogP contribution in [0.4, 0.5) is 5.82 Å². The zero-order chi connectivity index (χ0) is 15.6. The normalized spacial score (nSPS) is 17.8. The molecule has 1 aromatic heterocycles. The number of nitrogens with zero attached hydrogens (tertiary/aromatic N) is 3. The van der Waals surface area contributed by atoms with Crippen molar-refractivity contribution >= 4 is 23.3 Å². The van der Waals surface area contributed by atoms with Gasteiger partial charge in [0, 0.05) is 32.4 Å². The van der Waals surface area contributed by atoms with Gasteiger partial charge < -0.3 is 15.5 Å². The predicted molar refractivity (Wildman–Crippen MR) is 85.5 cm³/mol. The van der Waals surface area contributed by atoms with Gasteiger partial charge in [0.2, 0.25) is 5.91 Å². The molecular formula is C15H23ClN4O. The quantitative estimate of drug-likeness (QED) is 0.904. The molecule has 21 heavy (non-hydrogen) atoms. The molecule has 1 aromatic rings. The molecule has 0 bridgehead atoms. The van der Waals surface area contributed by atoms with E-state index in [2.05, 4.69) is 9.88 Å². The SMILES string of the molecule is CC(C)(C)[C@H](N)C(=O)N1CCN(c2ccc(Cl)cn2)CC1. The molecule has 0 aromatic carbocycles. The summed E-state index contributed by atoms with van der Waals surface area (Å²) in [5.74, 6) is 0.929. The number of pyridine rings is 1. The number of nitrogens with two attached hydrogens (primary N) is 1. The first-order chi connectivity index (χ1) is 9.79. The van der Waals surface area contributed by atoms with Crippen LogP contribution in [0.1, 0.15) is 20.8 Å². The topological polar surface area (TPSA) is 62.5 Å². The van der Waals surface area contributed by atoms with E-state index >= 15 is 0 Å². The van der Waals surface area contributed by atoms with Crippen molar-refractivity contribution in [1.82, 2.24) is 9.88 Å². The molecule has 1 amide bonds. The Labute approximate surface area is 131 Å². The van der Waals surface area contributed by atoms with Gasteiger partial charge in [0.05, 0.1) is 11.1 Å². The molecule has 2 N–H and O–H groups in total. The Hall–Kier alpha value is -1.33. The Morgan fingerprint density at radius 2 is 1.90 bits per heavy atom. The van der Waals surface area contributed by atoms with Crippen molar-refractivity contribution in [3.63, 3.8) is 0 Å². The first kappa shape index (κ1) is 16.0. The molecular weight excluding hydrogens is 288 g/mol. The number of halogens is 1. The van der Waals surface area contributed by atoms with Gasteiger partial charge in [0.1, 0.15) is 5.82 Å². The van der Waals surface area contributed by atoms with Crippen LogP contribution in [0.2, 0.25) is 5.02 Å². The van der Waals surface area contributed by atoms with E-state index in [0.29, 0.717) is 18.1 Å². The summed E-state index contributed by atoms with van der Waals surface area (Å²) in [7, 11) is 0. The van der Waals surface area contributed by atoms with Crippen LogP contribution in [0.3, 0.4) is 0 Å². The molecule has 1 saturated heterocycles. The Kier molecular flexibility index (Phi) is 4.74. The summed E-state index contributed by atoms with van der Waals surface area (Å²) in [6.07, 6.45) is 1.64. The lowest BCUT2D eigenvalue weighted by Gasteiger charge is -2.38. The lowest BCUT2D eigenvalue weighted by atomic mass is 9.86. The molecule has 0 unspecified atom stereocenters. The molecule has 2 rings (SSSR count). The third-order valence-corrected chi connectivity index (χ3v) is 4.05. The van der Waals surface area contributed by atoms with Gasteiger partial charge in [-0.25, -0.2) is 4.98 Å². The van der Waals surface area contributed by atoms with Crippen molar-refractivity contribution in [1.29, 1.82) is 0 Å². The molecule has 1 atom stereocenters. The van der Waals surface area contributed by atoms with Crippen molar-refractivity contribution < 1.29 is 4.79 Å². The summed E-state index contributed by atoms with van der Waals surface area (Å²) in [6, 6.07) is 3.27. The van der Waals surface area contributed by atoms with Crippen molar-refractivity contribution in [2.24, 2.45) is 11.1 Å². The summed E-state index contributed by atoms with van der Waals surface area (Å²) >= 11 is 5.85. The van der Waals surface area contributed by atoms with Crippen LogP contribution in [0.5, 0.6) is 0 Å². The van der Waals surface area contributed by atoms with Crippen molar-refractivity contribution in [3.8, 4) is 0 Å². The van der Waals surface area contributed by atoms with Crippen LogP contribution >= 0.6 is 11.6 Å². The minimum Gasteiger partial charge on any atom is -0.353 e. The molecule has 6 heteroatoms. The molecule has 5 nitrogen and oxygen atoms in total. The van der Waals surface area contributed by atoms with Gasteiger partial charge in [-0.2, -0.15) is 0 Å². The maximum atomic E-state index is 12.4. The fourth-order valence-electron chi connectivity index (χ4n) is 2.28. The standard InChI is InChI=1S/C15H23ClN4O/c1-15(2,3)13(17)14(21)20-8-6-19(7-9-20)12-5-4-11(16)10-18-12/h4-5,10,13H,6-9,17H2,1-3H3/t13-/m1/s1. The van der Waals surface area contributed by atoms with Gasteiger partial charge in [-0.15, -0.1) is 0 Å². The molecule has 116 valence electrons. The van der Waals surface area contributed by atoms with Gasteiger partial charge in [-0.1, -0.05) is 32.4 Å². The van der Waals surface area contributed by atoms with E-state index in [1.54, 1.807) is 6.20 Å². The van der Waals surface area contributed by atoms with Gasteiger partial charge in [-0.3, -0.25) is 4.79 Å². The highest BCUT2D eigenvalue weighted by atomic mass is 35.5. The Balaban J connectivity index is 1.94. The Bertz CT molecular complexity index is 489. The lowest BCUT2D eigenvalue weighted by molar-refractivity contribution is -0.135. The highest BCUT2D eigenvalue weighted by molar-refractivity contribution is 6.30. The number of hydrogen-bond donors (Lipinski definition) is 1. The van der Waals surface area contributed by atoms with Crippen molar-refractivity contribution in [2.75, 3.05) is 31.1 Å². The van der Waals surface area contributed by atoms with E-state index in [1.807, 2.05) is 37.8 Å². The summed E-state index contributed by atoms with van der Waals surface area (Å²) < 4.78 is 0. The number of rotatable bonds is 2. The van der Waals surface area contributed by atoms with Crippen molar-refractivity contribution in [2.45, 2.75) is 26.8 Å². The summed E-state index contributed by atoms with van der Waals surface area (Å²) in [4.78, 5) is 20.7. The van der Waals surface area contributed by atoms with E-state index in [9.17, 15) is 4.79 Å². The van der Waals surface area contributed by atoms with Crippen LogP contribution in [-0.2, 0) is 4.79 Å². The molecule has 0 spiro atoms. The summed E-state index contributed by atoms with van der Waals surface area (Å²) in [5, 5.41) is 0.628. The third-order valence-electron chi connectivity index (χ3n) is 3.83. The molecule has 0 saturated carbocycles. The van der Waals surface area contributed by atoms with E-state index in [4.69, 9.17) is 17.3 Å². The fraction of sp³-hybridized carbons (Fsp3) is 0.600. The summed E-state index contributed by atoms with van der Waals surface area (Å²) in [5.41, 5.74) is 5.84. The van der Waals surface area contributed by atoms with Gasteiger partial charge >= 0.3 is 0 Å². The first-order valence-corrected chi connectivity index (χ1v) is 7.58. The molecule has 0 radical (unpaired) electrons. The van der Waals surface area contributed by atoms with E-state index in [0.717, 1.165) is 18.9 Å². The number of piperazine rings is 1. The van der Waals surface area contributed by atoms with E-state index in [-0.39, 0.29) is 11.3 Å². The second-order valence-electron chi connectivity index (χ2n) is 6.49. The maximum absolute atomic E-state index is 12.4. The van der Waals surface area contributed by atoms with E-state index < -0.39 is 6.04 Å². The highest BCUT2D eigenvalue weighted by Gasteiger charge is 2.32. The smallest absolute Gasteiger partial charge is 0.240 e. The third kappa shape index (κ3) is 3.86. The highest BCUT2D eigenvalue weighted by Crippen LogP contribution is 2.21. The second kappa shape index (κ2) is 6.20. The lowest BCUT2D eigenvalue weighted by Crippen LogP contribution is -2.56. The predicted octanol–water partition coefficient (Wildman–Crippen LogP) is 1.76. The van der Waals surface area contributed by atoms with Crippen LogP contribution in [0, 0.1) is 5.41 Å². The number of carbonyl (C=O) groups excluding carboxylic acids is 1. The Morgan fingerprint density at radius 1 is 1.29 bits per heavy atom. The minimum atomic E-state index is -0.460. The molecule has 0 aliphatic carbocycles. The number of aromatic nitrogens is 1. The molecule has 1 fully saturated rings. The monoisotopic (exact) mass is 310 g/mol. The average molecular weight is 311 g/mol. The first-order valence-electron chi connectivity index (χ1n) is 7.20. The van der Waals surface area contributed by atoms with Crippen LogP contribution in [0.25, 0.3) is 0 Å². The second-order valence-corrected chi connectivity index (χ2v) is 6.93. The minimum absolute atomic E-state index is 0.0335. The zero-order valence-corrected chi connectivity index (χ0v) is 13.6. The number of hydrogen-bond acceptors (Lipinski definition) is 4. The van der Waals surface area contributed by atoms with Crippen LogP contribution < -0.4 is 10.6 Å². The number of amides is 1. The maximum Gasteiger partial charge on any atom is 0.240 e. The Morgan fingerprint density at radius 3 is 2.38 bits per heavy atom. The average Bonchev–Trinajstić information content (AvgIpc) is 2.46. The van der Waals surface area contributed by atoms with Gasteiger partial charge in [0.15, 0.2) is 0 Å². The van der Waals surface area contributed by atoms with E-state index in [1.165, 1.54) is 0 Å². The number of carbonyl (C=O) groups is 1. The van der Waals surface area contributed by atoms with Gasteiger partial charge in [0.25, 0.3) is 0 Å². The molecule has 1 aliphatic heterocycles. The zero-order valence-electron chi connectivity index (χ0n) is 12.8. The van der Waals surface area contributed by atoms with Gasteiger partial charge in [-0.05, 0) is 17.5 Å². The summed E-state index contributed by atoms with van der Waals surface area (Å²) in [6.45, 7) is 8.84.